The van der Waals surface area contributed by atoms with Crippen LogP contribution in [0.25, 0.3) is 0 Å². The Kier molecular flexibility index (Phi) is 7.08. The summed E-state index contributed by atoms with van der Waals surface area (Å²) in [7, 11) is -3.97. The van der Waals surface area contributed by atoms with Gasteiger partial charge in [-0.3, -0.25) is 4.55 Å². The van der Waals surface area contributed by atoms with E-state index in [9.17, 15) is 8.42 Å². The average Bonchev–Trinajstić information content (AvgIpc) is 2.14. The fourth-order valence-electron chi connectivity index (χ4n) is 1.21. The van der Waals surface area contributed by atoms with Crippen LogP contribution in [0.4, 0.5) is 0 Å². The van der Waals surface area contributed by atoms with Crippen LogP contribution in [-0.2, 0) is 10.1 Å². The summed E-state index contributed by atoms with van der Waals surface area (Å²) < 4.78 is 30.0. The van der Waals surface area contributed by atoms with E-state index in [-0.39, 0.29) is 48.5 Å². The van der Waals surface area contributed by atoms with E-state index in [0.717, 1.165) is 5.56 Å². The van der Waals surface area contributed by atoms with Crippen LogP contribution < -0.4 is 29.6 Å². The molecule has 6 heteroatoms. The molecule has 0 aromatic heterocycles. The fraction of sp³-hybridized carbons (Fsp3) is 0.333. The Balaban J connectivity index is 0. The molecule has 0 aliphatic carbocycles. The molecule has 0 bridgehead atoms. The van der Waals surface area contributed by atoms with Crippen LogP contribution in [0.15, 0.2) is 30.3 Å². The van der Waals surface area contributed by atoms with Gasteiger partial charge in [-0.05, 0) is 5.56 Å². The quantitative estimate of drug-likeness (QED) is 0.429. The van der Waals surface area contributed by atoms with Crippen molar-refractivity contribution in [3.63, 3.8) is 0 Å². The van der Waals surface area contributed by atoms with Crippen molar-refractivity contribution in [1.29, 1.82) is 0 Å². The number of benzene rings is 1. The van der Waals surface area contributed by atoms with Crippen LogP contribution in [0.3, 0.4) is 0 Å². The Labute approximate surface area is 118 Å². The molecule has 0 spiro atoms. The van der Waals surface area contributed by atoms with Gasteiger partial charge in [0.1, 0.15) is 0 Å². The minimum absolute atomic E-state index is 0. The summed E-state index contributed by atoms with van der Waals surface area (Å²) >= 11 is 5.63. The second-order valence-corrected chi connectivity index (χ2v) is 4.82. The van der Waals surface area contributed by atoms with Crippen molar-refractivity contribution in [1.82, 2.24) is 0 Å². The predicted octanol–water partition coefficient (Wildman–Crippen LogP) is -0.987. The monoisotopic (exact) mass is 258 g/mol. The second-order valence-electron chi connectivity index (χ2n) is 3.01. The summed E-state index contributed by atoms with van der Waals surface area (Å²) in [5.74, 6) is -0.516. The van der Waals surface area contributed by atoms with Gasteiger partial charge >= 0.3 is 29.6 Å². The Morgan fingerprint density at radius 3 is 2.27 bits per heavy atom. The van der Waals surface area contributed by atoms with Crippen molar-refractivity contribution >= 4 is 21.7 Å². The first-order chi connectivity index (χ1) is 6.53. The standard InChI is InChI=1S/C9H11ClO3S.Na.H/c10-6-9(7-14(11,12)13)8-4-2-1-3-5-8;;/h1-5,9H,6-7H2,(H,11,12,13);;/q;+1;-1. The molecule has 3 nitrogen and oxygen atoms in total. The molecule has 0 fully saturated rings. The number of hydrogen-bond donors (Lipinski definition) is 1. The summed E-state index contributed by atoms with van der Waals surface area (Å²) in [5, 5.41) is 0. The van der Waals surface area contributed by atoms with Gasteiger partial charge in [-0.1, -0.05) is 30.3 Å². The molecule has 1 atom stereocenters. The average molecular weight is 259 g/mol. The van der Waals surface area contributed by atoms with Gasteiger partial charge in [0.15, 0.2) is 0 Å². The van der Waals surface area contributed by atoms with E-state index in [1.165, 1.54) is 0 Å². The zero-order valence-corrected chi connectivity index (χ0v) is 12.0. The van der Waals surface area contributed by atoms with Gasteiger partial charge in [0.25, 0.3) is 10.1 Å². The zero-order valence-electron chi connectivity index (χ0n) is 9.43. The largest absolute Gasteiger partial charge is 1.00 e. The molecule has 0 saturated carbocycles. The van der Waals surface area contributed by atoms with Crippen LogP contribution in [0, 0.1) is 0 Å². The van der Waals surface area contributed by atoms with Gasteiger partial charge in [0, 0.05) is 11.8 Å². The van der Waals surface area contributed by atoms with Gasteiger partial charge in [-0.25, -0.2) is 0 Å². The molecule has 0 radical (unpaired) electrons. The fourth-order valence-corrected chi connectivity index (χ4v) is 2.44. The Bertz CT molecular complexity index is 385. The number of rotatable bonds is 4. The van der Waals surface area contributed by atoms with Crippen LogP contribution in [0.2, 0.25) is 0 Å². The van der Waals surface area contributed by atoms with E-state index >= 15 is 0 Å². The van der Waals surface area contributed by atoms with E-state index in [1.54, 1.807) is 24.3 Å². The molecule has 15 heavy (non-hydrogen) atoms. The number of hydrogen-bond acceptors (Lipinski definition) is 2. The number of alkyl halides is 1. The third-order valence-corrected chi connectivity index (χ3v) is 3.07. The van der Waals surface area contributed by atoms with Gasteiger partial charge in [0.05, 0.1) is 5.75 Å². The molecule has 1 aromatic carbocycles. The van der Waals surface area contributed by atoms with Gasteiger partial charge in [-0.15, -0.1) is 11.6 Å². The van der Waals surface area contributed by atoms with Crippen molar-refractivity contribution in [2.75, 3.05) is 11.6 Å². The molecular formula is C9H12ClNaO3S. The normalized spacial score (nSPS) is 12.9. The maximum absolute atomic E-state index is 10.7. The smallest absolute Gasteiger partial charge is 1.00 e. The molecule has 1 N–H and O–H groups in total. The summed E-state index contributed by atoms with van der Waals surface area (Å²) in [6.07, 6.45) is 0. The van der Waals surface area contributed by atoms with E-state index < -0.39 is 10.1 Å². The first-order valence-corrected chi connectivity index (χ1v) is 6.23. The van der Waals surface area contributed by atoms with Crippen molar-refractivity contribution in [2.24, 2.45) is 0 Å². The zero-order chi connectivity index (χ0) is 10.6. The maximum Gasteiger partial charge on any atom is 1.00 e. The van der Waals surface area contributed by atoms with Crippen LogP contribution in [-0.4, -0.2) is 24.6 Å². The maximum atomic E-state index is 10.7. The van der Waals surface area contributed by atoms with Crippen molar-refractivity contribution < 1.29 is 44.0 Å². The van der Waals surface area contributed by atoms with E-state index in [0.29, 0.717) is 0 Å². The third-order valence-electron chi connectivity index (χ3n) is 1.87. The molecular weight excluding hydrogens is 247 g/mol. The molecule has 0 amide bonds. The van der Waals surface area contributed by atoms with Gasteiger partial charge in [-0.2, -0.15) is 8.42 Å². The van der Waals surface area contributed by atoms with Crippen molar-refractivity contribution in [3.05, 3.63) is 35.9 Å². The van der Waals surface area contributed by atoms with Crippen LogP contribution in [0.1, 0.15) is 12.9 Å². The minimum Gasteiger partial charge on any atom is -1.00 e. The molecule has 0 aliphatic heterocycles. The van der Waals surface area contributed by atoms with Crippen LogP contribution in [0.5, 0.6) is 0 Å². The topological polar surface area (TPSA) is 54.4 Å². The Morgan fingerprint density at radius 2 is 1.87 bits per heavy atom. The third kappa shape index (κ3) is 5.90. The first-order valence-electron chi connectivity index (χ1n) is 4.09. The molecule has 80 valence electrons. The molecule has 1 aromatic rings. The van der Waals surface area contributed by atoms with Crippen molar-refractivity contribution in [3.8, 4) is 0 Å². The summed E-state index contributed by atoms with van der Waals surface area (Å²) in [6, 6.07) is 9.02. The van der Waals surface area contributed by atoms with E-state index in [1.807, 2.05) is 6.07 Å². The van der Waals surface area contributed by atoms with E-state index in [2.05, 4.69) is 0 Å². The molecule has 1 rings (SSSR count). The SMILES string of the molecule is O=S(=O)(O)CC(CCl)c1ccccc1.[H-].[Na+]. The van der Waals surface area contributed by atoms with Gasteiger partial charge in [0.2, 0.25) is 0 Å². The Hall–Kier alpha value is 0.420. The molecule has 0 heterocycles. The van der Waals surface area contributed by atoms with Crippen molar-refractivity contribution in [2.45, 2.75) is 5.92 Å². The summed E-state index contributed by atoms with van der Waals surface area (Å²) in [5.41, 5.74) is 0.820. The van der Waals surface area contributed by atoms with Gasteiger partial charge < -0.3 is 1.43 Å². The first kappa shape index (κ1) is 15.4. The van der Waals surface area contributed by atoms with E-state index in [4.69, 9.17) is 16.2 Å². The molecule has 1 unspecified atom stereocenters. The van der Waals surface area contributed by atoms with Crippen LogP contribution >= 0.6 is 11.6 Å². The summed E-state index contributed by atoms with van der Waals surface area (Å²) in [6.45, 7) is 0. The predicted molar refractivity (Wildman–Crippen MR) is 57.4 cm³/mol. The minimum atomic E-state index is -3.97. The second kappa shape index (κ2) is 6.89. The summed E-state index contributed by atoms with van der Waals surface area (Å²) in [4.78, 5) is 0. The molecule has 0 aliphatic rings. The Morgan fingerprint density at radius 1 is 1.33 bits per heavy atom. The molecule has 0 saturated heterocycles. The number of halogens is 1.